The van der Waals surface area contributed by atoms with Crippen molar-refractivity contribution < 1.29 is 9.53 Å². The minimum atomic E-state index is -0.0650. The van der Waals surface area contributed by atoms with E-state index in [4.69, 9.17) is 4.74 Å². The van der Waals surface area contributed by atoms with E-state index >= 15 is 0 Å². The molecular weight excluding hydrogens is 170 g/mol. The largest absolute Gasteiger partial charge is 0.382 e. The third-order valence-electron chi connectivity index (χ3n) is 2.11. The predicted octanol–water partition coefficient (Wildman–Crippen LogP) is -0.186. The van der Waals surface area contributed by atoms with Crippen molar-refractivity contribution in [3.63, 3.8) is 0 Å². The normalized spacial score (nSPS) is 21.0. The van der Waals surface area contributed by atoms with E-state index < -0.39 is 0 Å². The molecule has 0 radical (unpaired) electrons. The van der Waals surface area contributed by atoms with Crippen molar-refractivity contribution in [2.75, 3.05) is 20.3 Å². The van der Waals surface area contributed by atoms with E-state index in [1.54, 1.807) is 24.1 Å². The highest BCUT2D eigenvalue weighted by molar-refractivity contribution is 5.93. The molecule has 13 heavy (non-hydrogen) atoms. The minimum absolute atomic E-state index is 0.0650. The van der Waals surface area contributed by atoms with Crippen LogP contribution in [0.2, 0.25) is 0 Å². The fraction of sp³-hybridized carbons (Fsp3) is 0.500. The Kier molecular flexibility index (Phi) is 2.02. The molecule has 1 atom stereocenters. The number of hydrogen-bond donors (Lipinski definition) is 1. The van der Waals surface area contributed by atoms with Crippen LogP contribution in [-0.2, 0) is 4.74 Å². The second kappa shape index (κ2) is 3.18. The molecule has 70 valence electrons. The average Bonchev–Trinajstić information content (AvgIpc) is 2.59. The van der Waals surface area contributed by atoms with Gasteiger partial charge in [-0.1, -0.05) is 0 Å². The number of ether oxygens (including phenoxy) is 1. The Balaban J connectivity index is 2.30. The van der Waals surface area contributed by atoms with Crippen LogP contribution in [0, 0.1) is 0 Å². The average molecular weight is 181 g/mol. The number of rotatable bonds is 2. The van der Waals surface area contributed by atoms with E-state index in [0.29, 0.717) is 18.8 Å². The second-order valence-electron chi connectivity index (χ2n) is 2.98. The first kappa shape index (κ1) is 8.25. The van der Waals surface area contributed by atoms with Crippen molar-refractivity contribution in [3.8, 4) is 0 Å². The molecule has 0 fully saturated rings. The lowest BCUT2D eigenvalue weighted by Crippen LogP contribution is -2.40. The van der Waals surface area contributed by atoms with Gasteiger partial charge < -0.3 is 10.1 Å². The van der Waals surface area contributed by atoms with Crippen molar-refractivity contribution in [1.82, 2.24) is 15.1 Å². The molecule has 0 aliphatic carbocycles. The number of nitrogens with zero attached hydrogens (tertiary/aromatic N) is 2. The van der Waals surface area contributed by atoms with Gasteiger partial charge in [0.2, 0.25) is 0 Å². The fourth-order valence-electron chi connectivity index (χ4n) is 1.49. The van der Waals surface area contributed by atoms with E-state index in [1.807, 2.05) is 0 Å². The molecule has 0 unspecified atom stereocenters. The van der Waals surface area contributed by atoms with Crippen LogP contribution >= 0.6 is 0 Å². The van der Waals surface area contributed by atoms with Crippen LogP contribution in [0.4, 0.5) is 0 Å². The lowest BCUT2D eigenvalue weighted by Gasteiger charge is -2.23. The maximum atomic E-state index is 11.3. The Morgan fingerprint density at radius 3 is 3.46 bits per heavy atom. The summed E-state index contributed by atoms with van der Waals surface area (Å²) < 4.78 is 6.74. The van der Waals surface area contributed by atoms with Crippen molar-refractivity contribution >= 4 is 5.91 Å². The summed E-state index contributed by atoms with van der Waals surface area (Å²) in [6, 6.07) is 1.82. The Labute approximate surface area is 75.7 Å². The van der Waals surface area contributed by atoms with Gasteiger partial charge in [0.15, 0.2) is 0 Å². The molecular formula is C8H11N3O2. The number of fused-ring (bicyclic) bond motifs is 1. The fourth-order valence-corrected chi connectivity index (χ4v) is 1.49. The van der Waals surface area contributed by atoms with Crippen LogP contribution in [0.25, 0.3) is 0 Å². The third kappa shape index (κ3) is 1.31. The van der Waals surface area contributed by atoms with Gasteiger partial charge in [0, 0.05) is 19.9 Å². The lowest BCUT2D eigenvalue weighted by atomic mass is 10.2. The van der Waals surface area contributed by atoms with Crippen LogP contribution in [0.5, 0.6) is 0 Å². The van der Waals surface area contributed by atoms with Gasteiger partial charge in [0.1, 0.15) is 5.69 Å². The quantitative estimate of drug-likeness (QED) is 0.688. The van der Waals surface area contributed by atoms with Crippen LogP contribution < -0.4 is 5.32 Å². The molecule has 0 bridgehead atoms. The molecule has 0 saturated heterocycles. The van der Waals surface area contributed by atoms with Crippen LogP contribution in [0.15, 0.2) is 12.3 Å². The number of carbonyl (C=O) groups excluding carboxylic acids is 1. The zero-order valence-electron chi connectivity index (χ0n) is 7.36. The van der Waals surface area contributed by atoms with Crippen molar-refractivity contribution in [2.45, 2.75) is 6.04 Å². The third-order valence-corrected chi connectivity index (χ3v) is 2.11. The Hall–Kier alpha value is -1.36. The highest BCUT2D eigenvalue weighted by Crippen LogP contribution is 2.13. The van der Waals surface area contributed by atoms with Gasteiger partial charge in [-0.05, 0) is 6.07 Å². The highest BCUT2D eigenvalue weighted by Gasteiger charge is 2.24. The summed E-state index contributed by atoms with van der Waals surface area (Å²) >= 11 is 0. The first-order valence-electron chi connectivity index (χ1n) is 4.13. The Morgan fingerprint density at radius 2 is 2.69 bits per heavy atom. The van der Waals surface area contributed by atoms with Crippen LogP contribution in [0.3, 0.4) is 0 Å². The summed E-state index contributed by atoms with van der Waals surface area (Å²) in [6.07, 6.45) is 1.63. The van der Waals surface area contributed by atoms with E-state index in [0.717, 1.165) is 0 Å². The second-order valence-corrected chi connectivity index (χ2v) is 2.98. The van der Waals surface area contributed by atoms with Gasteiger partial charge in [-0.15, -0.1) is 0 Å². The van der Waals surface area contributed by atoms with Gasteiger partial charge in [0.05, 0.1) is 12.6 Å². The monoisotopic (exact) mass is 181 g/mol. The summed E-state index contributed by atoms with van der Waals surface area (Å²) in [5.74, 6) is -0.0650. The Bertz CT molecular complexity index is 321. The number of amides is 1. The first-order chi connectivity index (χ1) is 6.33. The summed E-state index contributed by atoms with van der Waals surface area (Å²) in [5.41, 5.74) is 0.605. The highest BCUT2D eigenvalue weighted by atomic mass is 16.5. The van der Waals surface area contributed by atoms with E-state index in [9.17, 15) is 4.79 Å². The van der Waals surface area contributed by atoms with Gasteiger partial charge in [-0.25, -0.2) is 0 Å². The maximum Gasteiger partial charge on any atom is 0.269 e. The van der Waals surface area contributed by atoms with E-state index in [-0.39, 0.29) is 11.9 Å². The smallest absolute Gasteiger partial charge is 0.269 e. The molecule has 1 aromatic heterocycles. The molecule has 1 amide bonds. The van der Waals surface area contributed by atoms with Crippen LogP contribution in [-0.4, -0.2) is 35.9 Å². The van der Waals surface area contributed by atoms with Crippen molar-refractivity contribution in [1.29, 1.82) is 0 Å². The molecule has 0 saturated carbocycles. The standard InChI is InChI=1S/C8H11N3O2/c1-13-5-6-4-9-8(12)7-2-3-10-11(6)7/h2-3,6H,4-5H2,1H3,(H,9,12)/t6-/m0/s1. The maximum absolute atomic E-state index is 11.3. The molecule has 2 heterocycles. The number of aromatic nitrogens is 2. The SMILES string of the molecule is COC[C@@H]1CNC(=O)c2ccnn21. The topological polar surface area (TPSA) is 56.1 Å². The minimum Gasteiger partial charge on any atom is -0.382 e. The van der Waals surface area contributed by atoms with E-state index in [1.165, 1.54) is 0 Å². The molecule has 1 aliphatic heterocycles. The molecule has 0 spiro atoms. The van der Waals surface area contributed by atoms with Crippen LogP contribution in [0.1, 0.15) is 16.5 Å². The predicted molar refractivity (Wildman–Crippen MR) is 45.5 cm³/mol. The summed E-state index contributed by atoms with van der Waals surface area (Å²) in [6.45, 7) is 1.15. The van der Waals surface area contributed by atoms with Crippen molar-refractivity contribution in [2.24, 2.45) is 0 Å². The zero-order chi connectivity index (χ0) is 9.26. The van der Waals surface area contributed by atoms with Gasteiger partial charge in [0.25, 0.3) is 5.91 Å². The Morgan fingerprint density at radius 1 is 1.85 bits per heavy atom. The van der Waals surface area contributed by atoms with Gasteiger partial charge in [-0.2, -0.15) is 5.10 Å². The number of carbonyl (C=O) groups is 1. The first-order valence-corrected chi connectivity index (χ1v) is 4.13. The van der Waals surface area contributed by atoms with Gasteiger partial charge >= 0.3 is 0 Å². The van der Waals surface area contributed by atoms with Gasteiger partial charge in [-0.3, -0.25) is 9.48 Å². The molecule has 5 nitrogen and oxygen atoms in total. The molecule has 1 aromatic rings. The lowest BCUT2D eigenvalue weighted by molar-refractivity contribution is 0.0861. The number of methoxy groups -OCH3 is 1. The molecule has 1 aliphatic rings. The van der Waals surface area contributed by atoms with Crippen molar-refractivity contribution in [3.05, 3.63) is 18.0 Å². The number of nitrogens with one attached hydrogen (secondary N) is 1. The summed E-state index contributed by atoms with van der Waals surface area (Å²) in [7, 11) is 1.64. The summed E-state index contributed by atoms with van der Waals surface area (Å²) in [5, 5.41) is 6.86. The molecule has 1 N–H and O–H groups in total. The summed E-state index contributed by atoms with van der Waals surface area (Å²) in [4.78, 5) is 11.3. The van der Waals surface area contributed by atoms with E-state index in [2.05, 4.69) is 10.4 Å². The molecule has 0 aromatic carbocycles. The molecule has 5 heteroatoms. The number of hydrogen-bond acceptors (Lipinski definition) is 3. The zero-order valence-corrected chi connectivity index (χ0v) is 7.36. The molecule has 2 rings (SSSR count).